The quantitative estimate of drug-likeness (QED) is 0.571. The number of methoxy groups -OCH3 is 1. The first kappa shape index (κ1) is 12.8. The van der Waals surface area contributed by atoms with E-state index in [1.165, 1.54) is 0 Å². The topological polar surface area (TPSA) is 80.5 Å². The Morgan fingerprint density at radius 3 is 3.00 bits per heavy atom. The minimum atomic E-state index is -0.0633. The third-order valence-electron chi connectivity index (χ3n) is 2.90. The molecule has 1 aliphatic carbocycles. The average molecular weight is 250 g/mol. The summed E-state index contributed by atoms with van der Waals surface area (Å²) in [5.74, 6) is 5.72. The number of hydrogen-bond acceptors (Lipinski definition) is 5. The fourth-order valence-corrected chi connectivity index (χ4v) is 1.81. The number of ether oxygens (including phenoxy) is 1. The fraction of sp³-hybridized carbons (Fsp3) is 0.500. The molecule has 0 aliphatic heterocycles. The maximum Gasteiger partial charge on any atom is 0.272 e. The third-order valence-corrected chi connectivity index (χ3v) is 2.90. The van der Waals surface area contributed by atoms with Crippen molar-refractivity contribution in [2.45, 2.75) is 18.9 Å². The van der Waals surface area contributed by atoms with Gasteiger partial charge in [-0.2, -0.15) is 0 Å². The Morgan fingerprint density at radius 1 is 1.61 bits per heavy atom. The molecule has 0 unspecified atom stereocenters. The van der Waals surface area contributed by atoms with Crippen LogP contribution in [0.4, 0.5) is 5.82 Å². The van der Waals surface area contributed by atoms with Gasteiger partial charge in [0, 0.05) is 19.7 Å². The van der Waals surface area contributed by atoms with Gasteiger partial charge in [0.1, 0.15) is 11.5 Å². The molecule has 1 aromatic heterocycles. The van der Waals surface area contributed by atoms with Gasteiger partial charge >= 0.3 is 0 Å². The molecular weight excluding hydrogens is 232 g/mol. The van der Waals surface area contributed by atoms with Gasteiger partial charge in [0.25, 0.3) is 5.91 Å². The second-order valence-electron chi connectivity index (χ2n) is 4.27. The summed E-state index contributed by atoms with van der Waals surface area (Å²) >= 11 is 0. The first-order valence-corrected chi connectivity index (χ1v) is 6.00. The van der Waals surface area contributed by atoms with E-state index in [-0.39, 0.29) is 5.91 Å². The number of nitrogens with zero attached hydrogens (tertiary/aromatic N) is 2. The van der Waals surface area contributed by atoms with Crippen LogP contribution in [0.15, 0.2) is 18.2 Å². The van der Waals surface area contributed by atoms with Crippen molar-refractivity contribution in [3.8, 4) is 0 Å². The van der Waals surface area contributed by atoms with Crippen LogP contribution in [0, 0.1) is 0 Å². The lowest BCUT2D eigenvalue weighted by Crippen LogP contribution is -2.36. The summed E-state index contributed by atoms with van der Waals surface area (Å²) in [5.41, 5.74) is 2.85. The highest BCUT2D eigenvalue weighted by Gasteiger charge is 2.33. The van der Waals surface area contributed by atoms with Crippen LogP contribution in [-0.2, 0) is 4.74 Å². The van der Waals surface area contributed by atoms with E-state index in [2.05, 4.69) is 10.4 Å². The van der Waals surface area contributed by atoms with Crippen molar-refractivity contribution in [2.24, 2.45) is 5.84 Å². The van der Waals surface area contributed by atoms with E-state index in [9.17, 15) is 4.79 Å². The molecule has 2 rings (SSSR count). The van der Waals surface area contributed by atoms with Crippen molar-refractivity contribution in [1.29, 1.82) is 0 Å². The second-order valence-corrected chi connectivity index (χ2v) is 4.27. The van der Waals surface area contributed by atoms with Gasteiger partial charge in [-0.05, 0) is 25.0 Å². The molecule has 0 atom stereocenters. The zero-order valence-electron chi connectivity index (χ0n) is 10.4. The number of carbonyl (C=O) groups excluding carboxylic acids is 1. The molecule has 0 radical (unpaired) electrons. The van der Waals surface area contributed by atoms with Crippen molar-refractivity contribution in [2.75, 3.05) is 25.7 Å². The standard InChI is InChI=1S/C12H18N4O2/c1-18-8-7-16(9-5-6-9)12(17)10-3-2-4-11(14-10)15-13/h2-4,9H,5-8,13H2,1H3,(H,14,15). The Labute approximate surface area is 106 Å². The molecule has 0 spiro atoms. The van der Waals surface area contributed by atoms with E-state index in [1.807, 2.05) is 4.90 Å². The third kappa shape index (κ3) is 2.96. The van der Waals surface area contributed by atoms with Crippen LogP contribution < -0.4 is 11.3 Å². The predicted molar refractivity (Wildman–Crippen MR) is 68.0 cm³/mol. The van der Waals surface area contributed by atoms with Crippen molar-refractivity contribution >= 4 is 11.7 Å². The Morgan fingerprint density at radius 2 is 2.39 bits per heavy atom. The molecule has 1 aliphatic rings. The van der Waals surface area contributed by atoms with Gasteiger partial charge in [-0.25, -0.2) is 10.8 Å². The molecule has 1 amide bonds. The number of anilines is 1. The number of nitrogen functional groups attached to an aromatic ring is 1. The number of nitrogens with two attached hydrogens (primary N) is 1. The monoisotopic (exact) mass is 250 g/mol. The van der Waals surface area contributed by atoms with E-state index in [0.29, 0.717) is 30.7 Å². The molecule has 0 saturated heterocycles. The van der Waals surface area contributed by atoms with E-state index >= 15 is 0 Å². The summed E-state index contributed by atoms with van der Waals surface area (Å²) in [5, 5.41) is 0. The highest BCUT2D eigenvalue weighted by atomic mass is 16.5. The van der Waals surface area contributed by atoms with Gasteiger partial charge in [0.15, 0.2) is 0 Å². The minimum absolute atomic E-state index is 0.0633. The average Bonchev–Trinajstić information content (AvgIpc) is 3.23. The van der Waals surface area contributed by atoms with Gasteiger partial charge in [0.2, 0.25) is 0 Å². The second kappa shape index (κ2) is 5.79. The van der Waals surface area contributed by atoms with Crippen LogP contribution in [0.5, 0.6) is 0 Å². The number of nitrogens with one attached hydrogen (secondary N) is 1. The van der Waals surface area contributed by atoms with E-state index in [4.69, 9.17) is 10.6 Å². The Hall–Kier alpha value is -1.66. The van der Waals surface area contributed by atoms with E-state index in [1.54, 1.807) is 25.3 Å². The van der Waals surface area contributed by atoms with Crippen molar-refractivity contribution < 1.29 is 9.53 Å². The molecule has 1 fully saturated rings. The normalized spacial score (nSPS) is 14.3. The van der Waals surface area contributed by atoms with Crippen LogP contribution in [-0.4, -0.2) is 42.1 Å². The van der Waals surface area contributed by atoms with Gasteiger partial charge in [-0.15, -0.1) is 0 Å². The molecule has 18 heavy (non-hydrogen) atoms. The highest BCUT2D eigenvalue weighted by Crippen LogP contribution is 2.27. The fourth-order valence-electron chi connectivity index (χ4n) is 1.81. The van der Waals surface area contributed by atoms with Crippen LogP contribution in [0.1, 0.15) is 23.3 Å². The first-order valence-electron chi connectivity index (χ1n) is 6.00. The lowest BCUT2D eigenvalue weighted by atomic mass is 10.3. The van der Waals surface area contributed by atoms with E-state index in [0.717, 1.165) is 12.8 Å². The van der Waals surface area contributed by atoms with Crippen LogP contribution in [0.25, 0.3) is 0 Å². The van der Waals surface area contributed by atoms with Crippen LogP contribution in [0.2, 0.25) is 0 Å². The molecule has 98 valence electrons. The zero-order valence-corrected chi connectivity index (χ0v) is 10.4. The first-order chi connectivity index (χ1) is 8.76. The molecule has 0 bridgehead atoms. The number of hydrazine groups is 1. The van der Waals surface area contributed by atoms with Crippen molar-refractivity contribution in [3.05, 3.63) is 23.9 Å². The summed E-state index contributed by atoms with van der Waals surface area (Å²) in [6, 6.07) is 5.51. The maximum absolute atomic E-state index is 12.3. The summed E-state index contributed by atoms with van der Waals surface area (Å²) in [6.45, 7) is 1.14. The summed E-state index contributed by atoms with van der Waals surface area (Å²) in [7, 11) is 1.63. The number of hydrogen-bond donors (Lipinski definition) is 2. The van der Waals surface area contributed by atoms with E-state index < -0.39 is 0 Å². The maximum atomic E-state index is 12.3. The highest BCUT2D eigenvalue weighted by molar-refractivity contribution is 5.93. The largest absolute Gasteiger partial charge is 0.383 e. The van der Waals surface area contributed by atoms with Gasteiger partial charge < -0.3 is 15.1 Å². The van der Waals surface area contributed by atoms with Crippen molar-refractivity contribution in [1.82, 2.24) is 9.88 Å². The zero-order chi connectivity index (χ0) is 13.0. The van der Waals surface area contributed by atoms with Crippen LogP contribution >= 0.6 is 0 Å². The molecule has 1 saturated carbocycles. The summed E-state index contributed by atoms with van der Waals surface area (Å²) < 4.78 is 5.03. The number of aromatic nitrogens is 1. The number of rotatable bonds is 6. The SMILES string of the molecule is COCCN(C(=O)c1cccc(NN)n1)C1CC1. The van der Waals surface area contributed by atoms with Gasteiger partial charge in [0.05, 0.1) is 6.61 Å². The van der Waals surface area contributed by atoms with Crippen molar-refractivity contribution in [3.63, 3.8) is 0 Å². The number of amides is 1. The Bertz CT molecular complexity index is 420. The molecule has 3 N–H and O–H groups in total. The predicted octanol–water partition coefficient (Wildman–Crippen LogP) is 0.618. The Kier molecular flexibility index (Phi) is 4.11. The van der Waals surface area contributed by atoms with Gasteiger partial charge in [-0.1, -0.05) is 6.07 Å². The lowest BCUT2D eigenvalue weighted by Gasteiger charge is -2.21. The smallest absolute Gasteiger partial charge is 0.272 e. The molecule has 1 aromatic rings. The minimum Gasteiger partial charge on any atom is -0.383 e. The molecule has 6 nitrogen and oxygen atoms in total. The van der Waals surface area contributed by atoms with Crippen LogP contribution in [0.3, 0.4) is 0 Å². The van der Waals surface area contributed by atoms with Gasteiger partial charge in [-0.3, -0.25) is 4.79 Å². The number of pyridine rings is 1. The summed E-state index contributed by atoms with van der Waals surface area (Å²) in [4.78, 5) is 18.3. The summed E-state index contributed by atoms with van der Waals surface area (Å²) in [6.07, 6.45) is 2.12. The molecular formula is C12H18N4O2. The Balaban J connectivity index is 2.11. The number of carbonyl (C=O) groups is 1. The lowest BCUT2D eigenvalue weighted by molar-refractivity contribution is 0.0674. The molecule has 0 aromatic carbocycles. The molecule has 6 heteroatoms. The molecule has 1 heterocycles.